The minimum Gasteiger partial charge on any atom is -0.0622 e. The predicted octanol–water partition coefficient (Wildman–Crippen LogP) is 2.69. The normalized spacial score (nSPS) is 56.7. The van der Waals surface area contributed by atoms with E-state index in [1.807, 2.05) is 0 Å². The Morgan fingerprint density at radius 3 is 2.11 bits per heavy atom. The third kappa shape index (κ3) is 0.653. The molecule has 0 amide bonds. The Labute approximate surface area is 57.6 Å². The highest BCUT2D eigenvalue weighted by atomic mass is 14.5. The maximum Gasteiger partial charge on any atom is -0.0355 e. The van der Waals surface area contributed by atoms with E-state index in [1.165, 1.54) is 19.3 Å². The van der Waals surface area contributed by atoms with E-state index in [2.05, 4.69) is 13.8 Å². The van der Waals surface area contributed by atoms with Crippen molar-refractivity contribution in [2.45, 2.75) is 33.1 Å². The Balaban J connectivity index is 2.03. The molecule has 0 aromatic heterocycles. The number of fused-ring (bicyclic) bond motifs is 1. The fourth-order valence-corrected chi connectivity index (χ4v) is 2.83. The fraction of sp³-hybridized carbons (Fsp3) is 1.00. The summed E-state index contributed by atoms with van der Waals surface area (Å²) in [6.45, 7) is 4.84. The topological polar surface area (TPSA) is 0 Å². The summed E-state index contributed by atoms with van der Waals surface area (Å²) < 4.78 is 0. The van der Waals surface area contributed by atoms with Gasteiger partial charge < -0.3 is 0 Å². The molecular weight excluding hydrogens is 108 g/mol. The van der Waals surface area contributed by atoms with Crippen LogP contribution in [0, 0.1) is 23.7 Å². The van der Waals surface area contributed by atoms with E-state index in [-0.39, 0.29) is 0 Å². The molecule has 4 atom stereocenters. The highest BCUT2D eigenvalue weighted by molar-refractivity contribution is 4.94. The van der Waals surface area contributed by atoms with Crippen molar-refractivity contribution in [3.63, 3.8) is 0 Å². The summed E-state index contributed by atoms with van der Waals surface area (Å²) in [6.07, 6.45) is 4.58. The van der Waals surface area contributed by atoms with Crippen molar-refractivity contribution in [1.82, 2.24) is 0 Å². The Bertz CT molecular complexity index is 115. The van der Waals surface area contributed by atoms with Gasteiger partial charge in [0, 0.05) is 0 Å². The van der Waals surface area contributed by atoms with Crippen LogP contribution in [0.2, 0.25) is 0 Å². The van der Waals surface area contributed by atoms with Gasteiger partial charge in [-0.3, -0.25) is 0 Å². The Morgan fingerprint density at radius 2 is 1.67 bits per heavy atom. The van der Waals surface area contributed by atoms with E-state index in [4.69, 9.17) is 0 Å². The van der Waals surface area contributed by atoms with Gasteiger partial charge in [0.15, 0.2) is 0 Å². The molecule has 0 bridgehead atoms. The number of hydrogen-bond acceptors (Lipinski definition) is 0. The lowest BCUT2D eigenvalue weighted by Crippen LogP contribution is -2.32. The van der Waals surface area contributed by atoms with Gasteiger partial charge in [-0.25, -0.2) is 0 Å². The molecule has 52 valence electrons. The Hall–Kier alpha value is 0. The average Bonchev–Trinajstić information content (AvgIpc) is 2.07. The average molecular weight is 124 g/mol. The second-order valence-corrected chi connectivity index (χ2v) is 4.10. The molecule has 2 aliphatic rings. The largest absolute Gasteiger partial charge is 0.0622 e. The molecular formula is C9H16. The van der Waals surface area contributed by atoms with E-state index >= 15 is 0 Å². The van der Waals surface area contributed by atoms with Crippen LogP contribution in [-0.4, -0.2) is 0 Å². The molecule has 0 heteroatoms. The first-order chi connectivity index (χ1) is 4.29. The molecule has 0 radical (unpaired) electrons. The van der Waals surface area contributed by atoms with Crippen molar-refractivity contribution in [2.75, 3.05) is 0 Å². The first-order valence-corrected chi connectivity index (χ1v) is 4.29. The van der Waals surface area contributed by atoms with Gasteiger partial charge in [-0.2, -0.15) is 0 Å². The zero-order valence-electron chi connectivity index (χ0n) is 6.43. The maximum atomic E-state index is 2.43. The molecule has 0 spiro atoms. The summed E-state index contributed by atoms with van der Waals surface area (Å²) in [5.41, 5.74) is 0. The van der Waals surface area contributed by atoms with Gasteiger partial charge in [0.25, 0.3) is 0 Å². The minimum absolute atomic E-state index is 1.06. The van der Waals surface area contributed by atoms with Crippen molar-refractivity contribution in [3.05, 3.63) is 0 Å². The molecule has 0 heterocycles. The smallest absolute Gasteiger partial charge is 0.0355 e. The third-order valence-electron chi connectivity index (χ3n) is 3.61. The first-order valence-electron chi connectivity index (χ1n) is 4.29. The number of hydrogen-bond donors (Lipinski definition) is 0. The van der Waals surface area contributed by atoms with E-state index < -0.39 is 0 Å². The lowest BCUT2D eigenvalue weighted by molar-refractivity contribution is 0.0937. The van der Waals surface area contributed by atoms with Gasteiger partial charge in [-0.1, -0.05) is 20.3 Å². The summed E-state index contributed by atoms with van der Waals surface area (Å²) in [6, 6.07) is 0. The monoisotopic (exact) mass is 124 g/mol. The molecule has 4 unspecified atom stereocenters. The number of rotatable bonds is 0. The quantitative estimate of drug-likeness (QED) is 0.465. The van der Waals surface area contributed by atoms with Gasteiger partial charge in [0.2, 0.25) is 0 Å². The maximum absolute atomic E-state index is 2.43. The molecule has 0 aromatic rings. The molecule has 2 fully saturated rings. The molecule has 0 saturated heterocycles. The second-order valence-electron chi connectivity index (χ2n) is 4.10. The standard InChI is InChI=1S/C9H16/c1-6-3-4-8-7(2)5-9(6)8/h6-9H,3-5H2,1-2H3. The van der Waals surface area contributed by atoms with E-state index in [1.54, 1.807) is 0 Å². The van der Waals surface area contributed by atoms with Crippen LogP contribution in [0.25, 0.3) is 0 Å². The molecule has 0 N–H and O–H groups in total. The molecule has 9 heavy (non-hydrogen) atoms. The van der Waals surface area contributed by atoms with Gasteiger partial charge >= 0.3 is 0 Å². The van der Waals surface area contributed by atoms with Crippen LogP contribution in [-0.2, 0) is 0 Å². The fourth-order valence-electron chi connectivity index (χ4n) is 2.83. The summed E-state index contributed by atoms with van der Waals surface area (Å²) >= 11 is 0. The van der Waals surface area contributed by atoms with Gasteiger partial charge in [-0.15, -0.1) is 0 Å². The van der Waals surface area contributed by atoms with Crippen LogP contribution in [0.3, 0.4) is 0 Å². The van der Waals surface area contributed by atoms with Gasteiger partial charge in [0.1, 0.15) is 0 Å². The van der Waals surface area contributed by atoms with Crippen molar-refractivity contribution in [3.8, 4) is 0 Å². The molecule has 2 aliphatic carbocycles. The van der Waals surface area contributed by atoms with Crippen LogP contribution in [0.5, 0.6) is 0 Å². The highest BCUT2D eigenvalue weighted by Crippen LogP contribution is 2.53. The lowest BCUT2D eigenvalue weighted by atomic mass is 9.65. The van der Waals surface area contributed by atoms with E-state index in [0.29, 0.717) is 0 Å². The van der Waals surface area contributed by atoms with Crippen LogP contribution >= 0.6 is 0 Å². The SMILES string of the molecule is CC1CC2C(C)CCC12. The van der Waals surface area contributed by atoms with Crippen LogP contribution in [0.15, 0.2) is 0 Å². The van der Waals surface area contributed by atoms with Crippen molar-refractivity contribution in [2.24, 2.45) is 23.7 Å². The molecule has 0 aliphatic heterocycles. The van der Waals surface area contributed by atoms with Crippen LogP contribution in [0.4, 0.5) is 0 Å². The van der Waals surface area contributed by atoms with Gasteiger partial charge in [0.05, 0.1) is 0 Å². The molecule has 0 aromatic carbocycles. The molecule has 2 saturated carbocycles. The highest BCUT2D eigenvalue weighted by Gasteiger charge is 2.44. The first kappa shape index (κ1) is 5.76. The Kier molecular flexibility index (Phi) is 1.12. The van der Waals surface area contributed by atoms with E-state index in [9.17, 15) is 0 Å². The van der Waals surface area contributed by atoms with E-state index in [0.717, 1.165) is 23.7 Å². The van der Waals surface area contributed by atoms with Crippen molar-refractivity contribution >= 4 is 0 Å². The minimum atomic E-state index is 1.06. The zero-order chi connectivity index (χ0) is 6.43. The summed E-state index contributed by atoms with van der Waals surface area (Å²) in [5.74, 6) is 4.41. The van der Waals surface area contributed by atoms with Crippen LogP contribution < -0.4 is 0 Å². The summed E-state index contributed by atoms with van der Waals surface area (Å²) in [5, 5.41) is 0. The van der Waals surface area contributed by atoms with Crippen LogP contribution in [0.1, 0.15) is 33.1 Å². The zero-order valence-corrected chi connectivity index (χ0v) is 6.43. The summed E-state index contributed by atoms with van der Waals surface area (Å²) in [7, 11) is 0. The van der Waals surface area contributed by atoms with Gasteiger partial charge in [-0.05, 0) is 36.5 Å². The second kappa shape index (κ2) is 1.74. The summed E-state index contributed by atoms with van der Waals surface area (Å²) in [4.78, 5) is 0. The Morgan fingerprint density at radius 1 is 0.889 bits per heavy atom. The molecule has 2 rings (SSSR count). The van der Waals surface area contributed by atoms with Crippen molar-refractivity contribution < 1.29 is 0 Å². The van der Waals surface area contributed by atoms with Crippen molar-refractivity contribution in [1.29, 1.82) is 0 Å². The predicted molar refractivity (Wildman–Crippen MR) is 39.2 cm³/mol. The third-order valence-corrected chi connectivity index (χ3v) is 3.61. The molecule has 0 nitrogen and oxygen atoms in total. The lowest BCUT2D eigenvalue weighted by Gasteiger charge is -2.40.